The Bertz CT molecular complexity index is 977. The minimum Gasteiger partial charge on any atom is -0.496 e. The van der Waals surface area contributed by atoms with E-state index in [-0.39, 0.29) is 11.4 Å². The van der Waals surface area contributed by atoms with Gasteiger partial charge in [-0.25, -0.2) is 8.42 Å². The van der Waals surface area contributed by atoms with Crippen molar-refractivity contribution in [3.8, 4) is 5.75 Å². The highest BCUT2D eigenvalue weighted by Crippen LogP contribution is 2.23. The zero-order valence-corrected chi connectivity index (χ0v) is 17.0. The third-order valence-corrected chi connectivity index (χ3v) is 5.29. The molecule has 0 atom stereocenters. The van der Waals surface area contributed by atoms with Gasteiger partial charge in [0.2, 0.25) is 15.9 Å². The molecule has 0 fully saturated rings. The number of methoxy groups -OCH3 is 1. The fourth-order valence-electron chi connectivity index (χ4n) is 2.76. The number of non-ortho nitro benzene ring substituents is 1. The minimum atomic E-state index is -3.80. The lowest BCUT2D eigenvalue weighted by atomic mass is 10.1. The second-order valence-corrected chi connectivity index (χ2v) is 8.22. The highest BCUT2D eigenvalue weighted by molar-refractivity contribution is 7.92. The smallest absolute Gasteiger partial charge is 0.271 e. The molecule has 156 valence electrons. The summed E-state index contributed by atoms with van der Waals surface area (Å²) in [5.41, 5.74) is 0.817. The number of hydrogen-bond donors (Lipinski definition) is 1. The molecule has 0 unspecified atom stereocenters. The first-order valence-corrected chi connectivity index (χ1v) is 10.7. The molecule has 0 aliphatic carbocycles. The summed E-state index contributed by atoms with van der Waals surface area (Å²) < 4.78 is 30.3. The minimum absolute atomic E-state index is 0.0610. The van der Waals surface area contributed by atoms with Gasteiger partial charge in [0.05, 0.1) is 24.0 Å². The van der Waals surface area contributed by atoms with Crippen LogP contribution in [0.5, 0.6) is 5.75 Å². The van der Waals surface area contributed by atoms with Crippen LogP contribution in [0, 0.1) is 10.1 Å². The van der Waals surface area contributed by atoms with Crippen molar-refractivity contribution in [2.24, 2.45) is 0 Å². The number of carbonyl (C=O) groups excluding carboxylic acids is 1. The second kappa shape index (κ2) is 9.87. The summed E-state index contributed by atoms with van der Waals surface area (Å²) in [6.07, 6.45) is 2.27. The largest absolute Gasteiger partial charge is 0.496 e. The molecular weight excluding hydrogens is 398 g/mol. The first-order chi connectivity index (χ1) is 13.7. The van der Waals surface area contributed by atoms with E-state index in [4.69, 9.17) is 4.74 Å². The van der Waals surface area contributed by atoms with Crippen LogP contribution in [-0.4, -0.2) is 45.7 Å². The number of anilines is 1. The highest BCUT2D eigenvalue weighted by Gasteiger charge is 2.22. The van der Waals surface area contributed by atoms with Gasteiger partial charge in [0, 0.05) is 18.7 Å². The van der Waals surface area contributed by atoms with E-state index >= 15 is 0 Å². The summed E-state index contributed by atoms with van der Waals surface area (Å²) >= 11 is 0. The molecule has 0 saturated carbocycles. The van der Waals surface area contributed by atoms with Crippen molar-refractivity contribution in [2.45, 2.75) is 12.8 Å². The number of nitro groups is 1. The lowest BCUT2D eigenvalue weighted by Gasteiger charge is -2.21. The quantitative estimate of drug-likeness (QED) is 0.357. The van der Waals surface area contributed by atoms with Crippen molar-refractivity contribution in [1.82, 2.24) is 5.32 Å². The number of aryl methyl sites for hydroxylation is 1. The van der Waals surface area contributed by atoms with Crippen LogP contribution >= 0.6 is 0 Å². The van der Waals surface area contributed by atoms with E-state index < -0.39 is 27.4 Å². The number of ether oxygens (including phenoxy) is 1. The van der Waals surface area contributed by atoms with Gasteiger partial charge in [-0.05, 0) is 30.5 Å². The summed E-state index contributed by atoms with van der Waals surface area (Å²) in [5.74, 6) is 0.273. The second-order valence-electron chi connectivity index (χ2n) is 6.31. The monoisotopic (exact) mass is 421 g/mol. The van der Waals surface area contributed by atoms with Gasteiger partial charge < -0.3 is 10.1 Å². The maximum absolute atomic E-state index is 12.3. The zero-order chi connectivity index (χ0) is 21.4. The maximum atomic E-state index is 12.3. The standard InChI is InChI=1S/C19H23N3O6S/c1-28-18-11-4-3-7-15(18)8-6-12-20-19(23)14-21(29(2,26)27)16-9-5-10-17(13-16)22(24)25/h3-5,7,9-11,13H,6,8,12,14H2,1-2H3,(H,20,23). The van der Waals surface area contributed by atoms with Gasteiger partial charge in [-0.1, -0.05) is 24.3 Å². The molecule has 0 saturated heterocycles. The number of carbonyl (C=O) groups is 1. The summed E-state index contributed by atoms with van der Waals surface area (Å²) in [4.78, 5) is 22.6. The van der Waals surface area contributed by atoms with Crippen molar-refractivity contribution in [2.75, 3.05) is 30.8 Å². The number of benzene rings is 2. The Morgan fingerprint density at radius 2 is 1.93 bits per heavy atom. The summed E-state index contributed by atoms with van der Waals surface area (Å²) in [6, 6.07) is 12.7. The third-order valence-electron chi connectivity index (χ3n) is 4.15. The van der Waals surface area contributed by atoms with E-state index in [2.05, 4.69) is 5.32 Å². The van der Waals surface area contributed by atoms with Gasteiger partial charge in [0.1, 0.15) is 12.3 Å². The number of amides is 1. The SMILES string of the molecule is COc1ccccc1CCCNC(=O)CN(c1cccc([N+](=O)[O-])c1)S(C)(=O)=O. The molecule has 0 heterocycles. The van der Waals surface area contributed by atoms with E-state index in [1.165, 1.54) is 18.2 Å². The molecule has 0 aromatic heterocycles. The lowest BCUT2D eigenvalue weighted by Crippen LogP contribution is -2.40. The molecule has 0 spiro atoms. The van der Waals surface area contributed by atoms with Gasteiger partial charge in [0.15, 0.2) is 0 Å². The number of nitro benzene ring substituents is 1. The van der Waals surface area contributed by atoms with Crippen molar-refractivity contribution in [3.05, 3.63) is 64.2 Å². The van der Waals surface area contributed by atoms with Gasteiger partial charge in [-0.2, -0.15) is 0 Å². The van der Waals surface area contributed by atoms with Crippen LogP contribution < -0.4 is 14.4 Å². The molecule has 2 aromatic rings. The number of para-hydroxylation sites is 1. The maximum Gasteiger partial charge on any atom is 0.271 e. The van der Waals surface area contributed by atoms with Crippen molar-refractivity contribution < 1.29 is 22.9 Å². The molecule has 0 radical (unpaired) electrons. The number of nitrogens with zero attached hydrogens (tertiary/aromatic N) is 2. The molecule has 2 rings (SSSR count). The first kappa shape index (κ1) is 22.2. The number of sulfonamides is 1. The zero-order valence-electron chi connectivity index (χ0n) is 16.2. The molecule has 0 bridgehead atoms. The highest BCUT2D eigenvalue weighted by atomic mass is 32.2. The number of nitrogens with one attached hydrogen (secondary N) is 1. The topological polar surface area (TPSA) is 119 Å². The van der Waals surface area contributed by atoms with Crippen LogP contribution in [0.15, 0.2) is 48.5 Å². The summed E-state index contributed by atoms with van der Waals surface area (Å²) in [6.45, 7) is -0.113. The van der Waals surface area contributed by atoms with Crippen LogP contribution in [0.1, 0.15) is 12.0 Å². The third kappa shape index (κ3) is 6.46. The molecule has 29 heavy (non-hydrogen) atoms. The average Bonchev–Trinajstić information content (AvgIpc) is 2.69. The normalized spacial score (nSPS) is 11.0. The Balaban J connectivity index is 1.97. The molecule has 0 aliphatic rings. The lowest BCUT2D eigenvalue weighted by molar-refractivity contribution is -0.384. The molecule has 9 nitrogen and oxygen atoms in total. The fraction of sp³-hybridized carbons (Fsp3) is 0.316. The van der Waals surface area contributed by atoms with Crippen LogP contribution in [-0.2, 0) is 21.2 Å². The molecular formula is C19H23N3O6S. The molecule has 10 heteroatoms. The van der Waals surface area contributed by atoms with E-state index in [1.807, 2.05) is 24.3 Å². The Hall–Kier alpha value is -3.14. The van der Waals surface area contributed by atoms with Crippen LogP contribution in [0.25, 0.3) is 0 Å². The molecule has 1 N–H and O–H groups in total. The van der Waals surface area contributed by atoms with Gasteiger partial charge in [-0.3, -0.25) is 19.2 Å². The van der Waals surface area contributed by atoms with Crippen molar-refractivity contribution in [3.63, 3.8) is 0 Å². The van der Waals surface area contributed by atoms with E-state index in [0.29, 0.717) is 19.4 Å². The first-order valence-electron chi connectivity index (χ1n) is 8.83. The van der Waals surface area contributed by atoms with Gasteiger partial charge in [-0.15, -0.1) is 0 Å². The molecule has 1 amide bonds. The Kier molecular flexibility index (Phi) is 7.54. The fourth-order valence-corrected chi connectivity index (χ4v) is 3.61. The summed E-state index contributed by atoms with van der Waals surface area (Å²) in [5, 5.41) is 13.6. The molecule has 0 aliphatic heterocycles. The van der Waals surface area contributed by atoms with E-state index in [1.54, 1.807) is 7.11 Å². The summed E-state index contributed by atoms with van der Waals surface area (Å²) in [7, 11) is -2.21. The van der Waals surface area contributed by atoms with Crippen LogP contribution in [0.3, 0.4) is 0 Å². The molecule has 2 aromatic carbocycles. The number of hydrogen-bond acceptors (Lipinski definition) is 6. The van der Waals surface area contributed by atoms with Crippen molar-refractivity contribution in [1.29, 1.82) is 0 Å². The van der Waals surface area contributed by atoms with Crippen LogP contribution in [0.4, 0.5) is 11.4 Å². The van der Waals surface area contributed by atoms with E-state index in [0.717, 1.165) is 27.9 Å². The average molecular weight is 421 g/mol. The van der Waals surface area contributed by atoms with Crippen LogP contribution in [0.2, 0.25) is 0 Å². The predicted octanol–water partition coefficient (Wildman–Crippen LogP) is 2.12. The van der Waals surface area contributed by atoms with Crippen molar-refractivity contribution >= 4 is 27.3 Å². The van der Waals surface area contributed by atoms with Gasteiger partial charge in [0.25, 0.3) is 5.69 Å². The Morgan fingerprint density at radius 3 is 2.59 bits per heavy atom. The van der Waals surface area contributed by atoms with Gasteiger partial charge >= 0.3 is 0 Å². The predicted molar refractivity (Wildman–Crippen MR) is 110 cm³/mol. The number of rotatable bonds is 10. The Labute approximate surface area is 169 Å². The Morgan fingerprint density at radius 1 is 1.21 bits per heavy atom. The van der Waals surface area contributed by atoms with E-state index in [9.17, 15) is 23.3 Å².